The second-order valence-corrected chi connectivity index (χ2v) is 7.83. The Morgan fingerprint density at radius 3 is 2.25 bits per heavy atom. The van der Waals surface area contributed by atoms with Crippen molar-refractivity contribution in [3.05, 3.63) is 0 Å². The molecule has 0 unspecified atom stereocenters. The van der Waals surface area contributed by atoms with Crippen LogP contribution in [0.2, 0.25) is 0 Å². The molecule has 1 rings (SSSR count). The van der Waals surface area contributed by atoms with Crippen molar-refractivity contribution >= 4 is 7.14 Å². The first-order valence-corrected chi connectivity index (χ1v) is 7.34. The Kier molecular flexibility index (Phi) is 3.37. The highest BCUT2D eigenvalue weighted by Gasteiger charge is 2.25. The highest BCUT2D eigenvalue weighted by atomic mass is 31.2. The maximum Gasteiger partial charge on any atom is 0.0849 e. The van der Waals surface area contributed by atoms with Gasteiger partial charge in [0.1, 0.15) is 0 Å². The molecule has 1 N–H and O–H groups in total. The van der Waals surface area contributed by atoms with Gasteiger partial charge >= 0.3 is 0 Å². The van der Waals surface area contributed by atoms with Gasteiger partial charge in [-0.05, 0) is 19.5 Å². The third kappa shape index (κ3) is 3.28. The predicted molar refractivity (Wildman–Crippen MR) is 54.6 cm³/mol. The van der Waals surface area contributed by atoms with Crippen molar-refractivity contribution in [1.29, 1.82) is 0 Å². The van der Waals surface area contributed by atoms with Gasteiger partial charge in [-0.3, -0.25) is 0 Å². The van der Waals surface area contributed by atoms with Crippen LogP contribution in [0.15, 0.2) is 0 Å². The molecule has 1 fully saturated rings. The lowest BCUT2D eigenvalue weighted by atomic mass is 10.1. The highest BCUT2D eigenvalue weighted by molar-refractivity contribution is 7.63. The van der Waals surface area contributed by atoms with Gasteiger partial charge in [-0.2, -0.15) is 0 Å². The van der Waals surface area contributed by atoms with Gasteiger partial charge in [-0.1, -0.05) is 13.8 Å². The zero-order chi connectivity index (χ0) is 9.19. The summed E-state index contributed by atoms with van der Waals surface area (Å²) in [6.07, 6.45) is 4.09. The highest BCUT2D eigenvalue weighted by Crippen LogP contribution is 2.46. The minimum absolute atomic E-state index is 0.560. The first kappa shape index (κ1) is 10.3. The average molecular weight is 189 g/mol. The first-order valence-electron chi connectivity index (χ1n) is 4.81. The number of hydrogen-bond donors (Lipinski definition) is 1. The van der Waals surface area contributed by atoms with E-state index in [1.165, 1.54) is 0 Å². The molecule has 1 heterocycles. The molecule has 12 heavy (non-hydrogen) atoms. The zero-order valence-corrected chi connectivity index (χ0v) is 9.23. The van der Waals surface area contributed by atoms with Gasteiger partial charge in [0.05, 0.1) is 7.14 Å². The standard InChI is InChI=1S/C9H20NOP/c1-8(2)10-9-4-6-12(3,11)7-5-9/h8-10H,4-7H2,1-3H3. The first-order chi connectivity index (χ1) is 5.49. The van der Waals surface area contributed by atoms with Gasteiger partial charge in [-0.15, -0.1) is 0 Å². The molecule has 0 aromatic carbocycles. The molecule has 0 aliphatic carbocycles. The van der Waals surface area contributed by atoms with Crippen molar-refractivity contribution < 1.29 is 4.57 Å². The molecule has 1 aliphatic rings. The zero-order valence-electron chi connectivity index (χ0n) is 8.34. The fourth-order valence-corrected chi connectivity index (χ4v) is 3.69. The monoisotopic (exact) mass is 189 g/mol. The lowest BCUT2D eigenvalue weighted by molar-refractivity contribution is 0.428. The van der Waals surface area contributed by atoms with Crippen LogP contribution in [0, 0.1) is 0 Å². The molecule has 2 nitrogen and oxygen atoms in total. The quantitative estimate of drug-likeness (QED) is 0.674. The molecule has 0 amide bonds. The topological polar surface area (TPSA) is 29.1 Å². The smallest absolute Gasteiger partial charge is 0.0849 e. The van der Waals surface area contributed by atoms with E-state index in [1.54, 1.807) is 0 Å². The van der Waals surface area contributed by atoms with Crippen molar-refractivity contribution in [2.75, 3.05) is 19.0 Å². The third-order valence-corrected chi connectivity index (χ3v) is 4.88. The van der Waals surface area contributed by atoms with Crippen molar-refractivity contribution in [3.63, 3.8) is 0 Å². The summed E-state index contributed by atoms with van der Waals surface area (Å²) in [7, 11) is -1.71. The largest absolute Gasteiger partial charge is 0.324 e. The Hall–Kier alpha value is 0.190. The van der Waals surface area contributed by atoms with Gasteiger partial charge < -0.3 is 9.88 Å². The molecule has 1 saturated heterocycles. The summed E-state index contributed by atoms with van der Waals surface area (Å²) in [6.45, 7) is 6.28. The molecular formula is C9H20NOP. The van der Waals surface area contributed by atoms with E-state index in [2.05, 4.69) is 19.2 Å². The number of nitrogens with one attached hydrogen (secondary N) is 1. The summed E-state index contributed by atoms with van der Waals surface area (Å²) in [4.78, 5) is 0. The summed E-state index contributed by atoms with van der Waals surface area (Å²) < 4.78 is 11.6. The van der Waals surface area contributed by atoms with Gasteiger partial charge in [0, 0.05) is 24.4 Å². The molecule has 0 atom stereocenters. The lowest BCUT2D eigenvalue weighted by Gasteiger charge is -2.28. The Morgan fingerprint density at radius 2 is 1.83 bits per heavy atom. The van der Waals surface area contributed by atoms with Crippen LogP contribution in [-0.2, 0) is 4.57 Å². The fraction of sp³-hybridized carbons (Fsp3) is 1.00. The minimum atomic E-state index is -1.71. The molecular weight excluding hydrogens is 169 g/mol. The van der Waals surface area contributed by atoms with E-state index in [4.69, 9.17) is 0 Å². The van der Waals surface area contributed by atoms with Crippen molar-refractivity contribution in [2.45, 2.75) is 38.8 Å². The number of hydrogen-bond acceptors (Lipinski definition) is 2. The molecule has 1 aliphatic heterocycles. The Labute approximate surface area is 75.5 Å². The summed E-state index contributed by atoms with van der Waals surface area (Å²) in [6, 6.07) is 1.18. The number of rotatable bonds is 2. The van der Waals surface area contributed by atoms with Gasteiger partial charge in [-0.25, -0.2) is 0 Å². The maximum absolute atomic E-state index is 11.6. The van der Waals surface area contributed by atoms with Crippen LogP contribution in [0.3, 0.4) is 0 Å². The summed E-state index contributed by atoms with van der Waals surface area (Å²) in [5.74, 6) is 0. The van der Waals surface area contributed by atoms with Gasteiger partial charge in [0.25, 0.3) is 0 Å². The normalized spacial score (nSPS) is 37.2. The fourth-order valence-electron chi connectivity index (χ4n) is 1.75. The van der Waals surface area contributed by atoms with E-state index >= 15 is 0 Å². The van der Waals surface area contributed by atoms with Crippen LogP contribution in [0.25, 0.3) is 0 Å². The third-order valence-electron chi connectivity index (χ3n) is 2.47. The van der Waals surface area contributed by atoms with E-state index in [9.17, 15) is 4.57 Å². The van der Waals surface area contributed by atoms with Crippen molar-refractivity contribution in [2.24, 2.45) is 0 Å². The summed E-state index contributed by atoms with van der Waals surface area (Å²) >= 11 is 0. The van der Waals surface area contributed by atoms with Crippen LogP contribution < -0.4 is 5.32 Å². The van der Waals surface area contributed by atoms with Crippen LogP contribution in [0.4, 0.5) is 0 Å². The Balaban J connectivity index is 2.31. The van der Waals surface area contributed by atoms with E-state index in [1.807, 2.05) is 6.66 Å². The van der Waals surface area contributed by atoms with E-state index in [0.29, 0.717) is 12.1 Å². The van der Waals surface area contributed by atoms with Crippen LogP contribution in [0.1, 0.15) is 26.7 Å². The van der Waals surface area contributed by atoms with Crippen molar-refractivity contribution in [1.82, 2.24) is 5.32 Å². The van der Waals surface area contributed by atoms with E-state index in [0.717, 1.165) is 25.2 Å². The predicted octanol–water partition coefficient (Wildman–Crippen LogP) is 2.14. The van der Waals surface area contributed by atoms with Crippen LogP contribution in [-0.4, -0.2) is 31.1 Å². The lowest BCUT2D eigenvalue weighted by Crippen LogP contribution is -2.38. The average Bonchev–Trinajstić information content (AvgIpc) is 1.93. The van der Waals surface area contributed by atoms with Gasteiger partial charge in [0.15, 0.2) is 0 Å². The van der Waals surface area contributed by atoms with Crippen LogP contribution >= 0.6 is 7.14 Å². The molecule has 3 heteroatoms. The maximum atomic E-state index is 11.6. The molecule has 0 aromatic rings. The van der Waals surface area contributed by atoms with E-state index < -0.39 is 7.14 Å². The SMILES string of the molecule is CC(C)NC1CCP(C)(=O)CC1. The molecule has 72 valence electrons. The molecule has 0 spiro atoms. The van der Waals surface area contributed by atoms with E-state index in [-0.39, 0.29) is 0 Å². The molecule has 0 saturated carbocycles. The van der Waals surface area contributed by atoms with Crippen LogP contribution in [0.5, 0.6) is 0 Å². The molecule has 0 aromatic heterocycles. The molecule has 0 bridgehead atoms. The Bertz CT molecular complexity index is 179. The van der Waals surface area contributed by atoms with Gasteiger partial charge in [0.2, 0.25) is 0 Å². The Morgan fingerprint density at radius 1 is 1.33 bits per heavy atom. The summed E-state index contributed by atoms with van der Waals surface area (Å²) in [5, 5.41) is 3.50. The second-order valence-electron chi connectivity index (χ2n) is 4.34. The molecule has 0 radical (unpaired) electrons. The van der Waals surface area contributed by atoms with Crippen molar-refractivity contribution in [3.8, 4) is 0 Å². The second kappa shape index (κ2) is 3.93. The summed E-state index contributed by atoms with van der Waals surface area (Å²) in [5.41, 5.74) is 0. The minimum Gasteiger partial charge on any atom is -0.324 e.